The molecular weight excluding hydrogens is 410 g/mol. The van der Waals surface area contributed by atoms with Gasteiger partial charge in [0.1, 0.15) is 17.3 Å². The van der Waals surface area contributed by atoms with Gasteiger partial charge < -0.3 is 24.2 Å². The fourth-order valence-corrected chi connectivity index (χ4v) is 3.67. The van der Waals surface area contributed by atoms with Crippen molar-refractivity contribution in [3.63, 3.8) is 0 Å². The number of hydrogen-bond acceptors (Lipinski definition) is 6. The van der Waals surface area contributed by atoms with Crippen molar-refractivity contribution in [2.45, 2.75) is 26.3 Å². The van der Waals surface area contributed by atoms with E-state index in [9.17, 15) is 14.7 Å². The van der Waals surface area contributed by atoms with Crippen LogP contribution in [0.3, 0.4) is 0 Å². The van der Waals surface area contributed by atoms with Gasteiger partial charge in [0, 0.05) is 19.2 Å². The largest absolute Gasteiger partial charge is 0.507 e. The lowest BCUT2D eigenvalue weighted by Gasteiger charge is -2.25. The van der Waals surface area contributed by atoms with Crippen molar-refractivity contribution in [1.29, 1.82) is 0 Å². The summed E-state index contributed by atoms with van der Waals surface area (Å²) in [6.45, 7) is 5.45. The minimum Gasteiger partial charge on any atom is -0.507 e. The standard InChI is InChI=1S/C25H29NO6/c1-4-14-32-20-8-6-7-18(16-20)23(27)21-22(17-9-11-19(12-10-17)31-5-2)26(13-15-30-3)25(29)24(21)28/h6-12,16,22,27H,4-5,13-15H2,1-3H3/b23-21-. The summed E-state index contributed by atoms with van der Waals surface area (Å²) in [5, 5.41) is 11.1. The number of methoxy groups -OCH3 is 1. The van der Waals surface area contributed by atoms with Gasteiger partial charge >= 0.3 is 0 Å². The summed E-state index contributed by atoms with van der Waals surface area (Å²) in [6.07, 6.45) is 0.846. The number of benzene rings is 2. The smallest absolute Gasteiger partial charge is 0.295 e. The number of amides is 1. The molecular formula is C25H29NO6. The summed E-state index contributed by atoms with van der Waals surface area (Å²) < 4.78 is 16.3. The average molecular weight is 440 g/mol. The Kier molecular flexibility index (Phi) is 7.89. The number of ether oxygens (including phenoxy) is 3. The molecule has 1 atom stereocenters. The number of ketones is 1. The molecule has 1 saturated heterocycles. The maximum absolute atomic E-state index is 13.0. The van der Waals surface area contributed by atoms with E-state index in [2.05, 4.69) is 0 Å². The molecule has 0 aromatic heterocycles. The van der Waals surface area contributed by atoms with Crippen LogP contribution in [0.15, 0.2) is 54.1 Å². The molecule has 1 amide bonds. The molecule has 0 aliphatic carbocycles. The van der Waals surface area contributed by atoms with Crippen molar-refractivity contribution >= 4 is 17.4 Å². The maximum atomic E-state index is 13.0. The third-order valence-corrected chi connectivity index (χ3v) is 5.16. The van der Waals surface area contributed by atoms with Gasteiger partial charge in [-0.15, -0.1) is 0 Å². The van der Waals surface area contributed by atoms with Gasteiger partial charge in [-0.05, 0) is 43.2 Å². The van der Waals surface area contributed by atoms with Crippen molar-refractivity contribution in [3.05, 3.63) is 65.2 Å². The van der Waals surface area contributed by atoms with Gasteiger partial charge in [0.15, 0.2) is 0 Å². The first-order chi connectivity index (χ1) is 15.5. The van der Waals surface area contributed by atoms with Gasteiger partial charge in [-0.1, -0.05) is 31.2 Å². The molecule has 1 fully saturated rings. The average Bonchev–Trinajstić information content (AvgIpc) is 3.06. The Morgan fingerprint density at radius 3 is 2.41 bits per heavy atom. The van der Waals surface area contributed by atoms with Crippen molar-refractivity contribution < 1.29 is 28.9 Å². The molecule has 32 heavy (non-hydrogen) atoms. The highest BCUT2D eigenvalue weighted by Crippen LogP contribution is 2.40. The van der Waals surface area contributed by atoms with Crippen LogP contribution < -0.4 is 9.47 Å². The van der Waals surface area contributed by atoms with Crippen LogP contribution in [0.25, 0.3) is 5.76 Å². The molecule has 1 unspecified atom stereocenters. The number of aliphatic hydroxyl groups is 1. The molecule has 2 aromatic rings. The van der Waals surface area contributed by atoms with Crippen LogP contribution >= 0.6 is 0 Å². The van der Waals surface area contributed by atoms with E-state index < -0.39 is 17.7 Å². The number of carbonyl (C=O) groups is 2. The van der Waals surface area contributed by atoms with Crippen LogP contribution in [0.5, 0.6) is 11.5 Å². The van der Waals surface area contributed by atoms with Gasteiger partial charge in [0.2, 0.25) is 0 Å². The molecule has 0 bridgehead atoms. The predicted octanol–water partition coefficient (Wildman–Crippen LogP) is 3.94. The normalized spacial score (nSPS) is 17.6. The van der Waals surface area contributed by atoms with Crippen LogP contribution in [0.4, 0.5) is 0 Å². The van der Waals surface area contributed by atoms with E-state index in [1.165, 1.54) is 12.0 Å². The second-order valence-electron chi connectivity index (χ2n) is 7.36. The van der Waals surface area contributed by atoms with Crippen LogP contribution in [0.1, 0.15) is 37.4 Å². The molecule has 0 radical (unpaired) electrons. The number of aliphatic hydroxyl groups excluding tert-OH is 1. The molecule has 1 aliphatic heterocycles. The van der Waals surface area contributed by atoms with Gasteiger partial charge in [0.05, 0.1) is 31.4 Å². The quantitative estimate of drug-likeness (QED) is 0.343. The van der Waals surface area contributed by atoms with Gasteiger partial charge in [-0.3, -0.25) is 9.59 Å². The van der Waals surface area contributed by atoms with Crippen molar-refractivity contribution in [1.82, 2.24) is 4.90 Å². The van der Waals surface area contributed by atoms with Gasteiger partial charge in [-0.2, -0.15) is 0 Å². The highest BCUT2D eigenvalue weighted by atomic mass is 16.5. The van der Waals surface area contributed by atoms with Crippen molar-refractivity contribution in [3.8, 4) is 11.5 Å². The minimum atomic E-state index is -0.735. The lowest BCUT2D eigenvalue weighted by molar-refractivity contribution is -0.140. The molecule has 0 spiro atoms. The van der Waals surface area contributed by atoms with E-state index in [1.807, 2.05) is 13.8 Å². The fraction of sp³-hybridized carbons (Fsp3) is 0.360. The van der Waals surface area contributed by atoms with Crippen LogP contribution in [-0.4, -0.2) is 55.2 Å². The van der Waals surface area contributed by atoms with E-state index in [0.29, 0.717) is 35.8 Å². The SMILES string of the molecule is CCCOc1cccc(/C(O)=C2/C(=O)C(=O)N(CCOC)C2c2ccc(OCC)cc2)c1. The Morgan fingerprint density at radius 2 is 1.75 bits per heavy atom. The second kappa shape index (κ2) is 10.8. The Morgan fingerprint density at radius 1 is 1.00 bits per heavy atom. The summed E-state index contributed by atoms with van der Waals surface area (Å²) in [5.74, 6) is -0.352. The molecule has 7 heteroatoms. The maximum Gasteiger partial charge on any atom is 0.295 e. The topological polar surface area (TPSA) is 85.3 Å². The van der Waals surface area contributed by atoms with Crippen molar-refractivity contribution in [2.24, 2.45) is 0 Å². The lowest BCUT2D eigenvalue weighted by atomic mass is 9.95. The van der Waals surface area contributed by atoms with E-state index in [-0.39, 0.29) is 24.5 Å². The highest BCUT2D eigenvalue weighted by molar-refractivity contribution is 6.46. The Labute approximate surface area is 188 Å². The second-order valence-corrected chi connectivity index (χ2v) is 7.36. The van der Waals surface area contributed by atoms with E-state index >= 15 is 0 Å². The predicted molar refractivity (Wildman–Crippen MR) is 121 cm³/mol. The van der Waals surface area contributed by atoms with Crippen LogP contribution in [0.2, 0.25) is 0 Å². The summed E-state index contributed by atoms with van der Waals surface area (Å²) in [6, 6.07) is 13.3. The monoisotopic (exact) mass is 439 g/mol. The Bertz CT molecular complexity index is 982. The number of Topliss-reactive ketones (excluding diaryl/α,β-unsaturated/α-hetero) is 1. The number of likely N-dealkylation sites (tertiary alicyclic amines) is 1. The first-order valence-corrected chi connectivity index (χ1v) is 10.7. The summed E-state index contributed by atoms with van der Waals surface area (Å²) >= 11 is 0. The van der Waals surface area contributed by atoms with Crippen molar-refractivity contribution in [2.75, 3.05) is 33.5 Å². The van der Waals surface area contributed by atoms with E-state index in [1.54, 1.807) is 48.5 Å². The fourth-order valence-electron chi connectivity index (χ4n) is 3.67. The molecule has 2 aromatic carbocycles. The van der Waals surface area contributed by atoms with Crippen LogP contribution in [0, 0.1) is 0 Å². The summed E-state index contributed by atoms with van der Waals surface area (Å²) in [5.41, 5.74) is 1.16. The molecule has 1 heterocycles. The Hall–Kier alpha value is -3.32. The molecule has 7 nitrogen and oxygen atoms in total. The number of carbonyl (C=O) groups excluding carboxylic acids is 2. The first kappa shape index (κ1) is 23.3. The van der Waals surface area contributed by atoms with E-state index in [4.69, 9.17) is 14.2 Å². The molecule has 170 valence electrons. The number of hydrogen-bond donors (Lipinski definition) is 1. The lowest BCUT2D eigenvalue weighted by Crippen LogP contribution is -2.32. The van der Waals surface area contributed by atoms with Crippen LogP contribution in [-0.2, 0) is 14.3 Å². The van der Waals surface area contributed by atoms with Gasteiger partial charge in [-0.25, -0.2) is 0 Å². The molecule has 3 rings (SSSR count). The molecule has 1 N–H and O–H groups in total. The molecule has 0 saturated carbocycles. The highest BCUT2D eigenvalue weighted by Gasteiger charge is 2.45. The summed E-state index contributed by atoms with van der Waals surface area (Å²) in [7, 11) is 1.53. The van der Waals surface area contributed by atoms with E-state index in [0.717, 1.165) is 6.42 Å². The third kappa shape index (κ3) is 4.94. The zero-order chi connectivity index (χ0) is 23.1. The third-order valence-electron chi connectivity index (χ3n) is 5.16. The number of nitrogens with zero attached hydrogens (tertiary/aromatic N) is 1. The summed E-state index contributed by atoms with van der Waals surface area (Å²) in [4.78, 5) is 27.3. The van der Waals surface area contributed by atoms with Gasteiger partial charge in [0.25, 0.3) is 11.7 Å². The minimum absolute atomic E-state index is 0.0444. The zero-order valence-corrected chi connectivity index (χ0v) is 18.7. The Balaban J connectivity index is 2.07. The first-order valence-electron chi connectivity index (χ1n) is 10.7. The molecule has 1 aliphatic rings. The number of rotatable bonds is 10. The zero-order valence-electron chi connectivity index (χ0n) is 18.7.